The van der Waals surface area contributed by atoms with Crippen molar-refractivity contribution in [1.82, 2.24) is 29.2 Å². The van der Waals surface area contributed by atoms with Crippen molar-refractivity contribution < 1.29 is 23.5 Å². The van der Waals surface area contributed by atoms with Gasteiger partial charge in [-0.3, -0.25) is 24.2 Å². The van der Waals surface area contributed by atoms with Crippen LogP contribution in [0.3, 0.4) is 0 Å². The molecular formula is C33H45FN8O4. The van der Waals surface area contributed by atoms with Gasteiger partial charge in [0, 0.05) is 69.8 Å². The van der Waals surface area contributed by atoms with E-state index in [1.807, 2.05) is 35.4 Å². The minimum absolute atomic E-state index is 0.0501. The van der Waals surface area contributed by atoms with Gasteiger partial charge in [-0.25, -0.2) is 9.37 Å². The molecule has 0 radical (unpaired) electrons. The van der Waals surface area contributed by atoms with Crippen molar-refractivity contribution in [3.63, 3.8) is 0 Å². The Bertz CT molecular complexity index is 1560. The molecule has 0 saturated carbocycles. The maximum Gasteiger partial charge on any atom is 0.232 e. The number of fused-ring (bicyclic) bond motifs is 1. The van der Waals surface area contributed by atoms with Gasteiger partial charge in [0.1, 0.15) is 17.9 Å². The predicted molar refractivity (Wildman–Crippen MR) is 174 cm³/mol. The first kappa shape index (κ1) is 33.1. The topological polar surface area (TPSA) is 139 Å². The third kappa shape index (κ3) is 7.41. The lowest BCUT2D eigenvalue weighted by molar-refractivity contribution is -0.140. The largest absolute Gasteiger partial charge is 0.496 e. The smallest absolute Gasteiger partial charge is 0.232 e. The molecule has 0 aliphatic carbocycles. The molecule has 0 spiro atoms. The molecule has 2 atom stereocenters. The predicted octanol–water partition coefficient (Wildman–Crippen LogP) is 3.44. The first-order chi connectivity index (χ1) is 22.2. The van der Waals surface area contributed by atoms with Crippen LogP contribution in [0.2, 0.25) is 0 Å². The Labute approximate surface area is 269 Å². The number of ether oxygens (including phenoxy) is 1. The number of nitrogens with zero attached hydrogens (tertiary/aromatic N) is 6. The highest BCUT2D eigenvalue weighted by Gasteiger charge is 2.36. The first-order valence-corrected chi connectivity index (χ1v) is 16.2. The van der Waals surface area contributed by atoms with E-state index in [-0.39, 0.29) is 55.5 Å². The monoisotopic (exact) mass is 636 g/mol. The summed E-state index contributed by atoms with van der Waals surface area (Å²) in [4.78, 5) is 51.0. The molecule has 2 saturated heterocycles. The standard InChI is InChI=1S/C33H45FN8O4/c1-4-5-6-11-36-31-30-26(37-33(35)38-31)9-12-41(30)20-24-8-7-23(17-27(24)46-3)19-39-14-15-40(21-25(39)18-34)28(43)10-13-42-29(44)16-22(2)32(42)45/h7-9,12,17,22,25H,4-6,10-11,13-16,18-21H2,1-3H3,(H3,35,36,37,38)/t22?,25-/m0/s1. The van der Waals surface area contributed by atoms with Crippen molar-refractivity contribution >= 4 is 40.5 Å². The van der Waals surface area contributed by atoms with Crippen LogP contribution in [-0.4, -0.2) is 99.5 Å². The van der Waals surface area contributed by atoms with Crippen LogP contribution in [0.4, 0.5) is 16.2 Å². The summed E-state index contributed by atoms with van der Waals surface area (Å²) in [6, 6.07) is 7.51. The van der Waals surface area contributed by atoms with Crippen LogP contribution < -0.4 is 15.8 Å². The number of methoxy groups -OCH3 is 1. The second-order valence-corrected chi connectivity index (χ2v) is 12.2. The zero-order chi connectivity index (χ0) is 32.8. The molecule has 2 fully saturated rings. The average Bonchev–Trinajstić information content (AvgIpc) is 3.56. The number of likely N-dealkylation sites (tertiary alicyclic amines) is 1. The number of carbonyl (C=O) groups excluding carboxylic acids is 3. The zero-order valence-electron chi connectivity index (χ0n) is 27.0. The van der Waals surface area contributed by atoms with Gasteiger partial charge in [-0.1, -0.05) is 38.8 Å². The number of carbonyl (C=O) groups is 3. The van der Waals surface area contributed by atoms with E-state index < -0.39 is 12.7 Å². The van der Waals surface area contributed by atoms with E-state index in [9.17, 15) is 18.8 Å². The minimum atomic E-state index is -0.596. The van der Waals surface area contributed by atoms with Gasteiger partial charge < -0.3 is 25.3 Å². The third-order valence-corrected chi connectivity index (χ3v) is 8.93. The summed E-state index contributed by atoms with van der Waals surface area (Å²) < 4.78 is 22.1. The van der Waals surface area contributed by atoms with E-state index in [0.29, 0.717) is 32.0 Å². The van der Waals surface area contributed by atoms with Crippen LogP contribution in [0.5, 0.6) is 5.75 Å². The van der Waals surface area contributed by atoms with Gasteiger partial charge in [0.05, 0.1) is 25.2 Å². The highest BCUT2D eigenvalue weighted by molar-refractivity contribution is 6.03. The quantitative estimate of drug-likeness (QED) is 0.201. The fourth-order valence-corrected chi connectivity index (χ4v) is 6.32. The van der Waals surface area contributed by atoms with Crippen LogP contribution in [0.25, 0.3) is 11.0 Å². The Balaban J connectivity index is 1.22. The number of unbranched alkanes of at least 4 members (excludes halogenated alkanes) is 2. The van der Waals surface area contributed by atoms with Crippen molar-refractivity contribution in [1.29, 1.82) is 0 Å². The van der Waals surface area contributed by atoms with Gasteiger partial charge in [-0.05, 0) is 24.1 Å². The van der Waals surface area contributed by atoms with Gasteiger partial charge >= 0.3 is 0 Å². The maximum atomic E-state index is 14.2. The Hall–Kier alpha value is -4.26. The molecule has 5 rings (SSSR count). The number of aromatic nitrogens is 3. The highest BCUT2D eigenvalue weighted by atomic mass is 19.1. The molecular weight excluding hydrogens is 591 g/mol. The normalized spacial score (nSPS) is 19.0. The molecule has 248 valence electrons. The van der Waals surface area contributed by atoms with Crippen molar-refractivity contribution in [3.8, 4) is 5.75 Å². The summed E-state index contributed by atoms with van der Waals surface area (Å²) in [7, 11) is 1.64. The Morgan fingerprint density at radius 2 is 1.98 bits per heavy atom. The molecule has 0 bridgehead atoms. The molecule has 1 unspecified atom stereocenters. The number of amides is 3. The second kappa shape index (κ2) is 14.9. The van der Waals surface area contributed by atoms with Crippen LogP contribution >= 0.6 is 0 Å². The van der Waals surface area contributed by atoms with Crippen LogP contribution in [-0.2, 0) is 27.5 Å². The van der Waals surface area contributed by atoms with Crippen LogP contribution in [0.15, 0.2) is 30.5 Å². The summed E-state index contributed by atoms with van der Waals surface area (Å²) in [5, 5.41) is 3.43. The lowest BCUT2D eigenvalue weighted by atomic mass is 10.1. The van der Waals surface area contributed by atoms with E-state index in [0.717, 1.165) is 53.7 Å². The Kier molecular flexibility index (Phi) is 10.7. The number of hydrogen-bond donors (Lipinski definition) is 2. The number of nitrogen functional groups attached to an aromatic ring is 1. The number of nitrogens with two attached hydrogens (primary N) is 1. The van der Waals surface area contributed by atoms with Crippen molar-refractivity contribution in [2.24, 2.45) is 5.92 Å². The van der Waals surface area contributed by atoms with E-state index in [2.05, 4.69) is 26.8 Å². The molecule has 12 nitrogen and oxygen atoms in total. The SMILES string of the molecule is CCCCCNc1nc(N)nc2ccn(Cc3ccc(CN4CCN(C(=O)CCN5C(=O)CC(C)C5=O)C[C@@H]4CF)cc3OC)c12. The van der Waals surface area contributed by atoms with Gasteiger partial charge in [-0.15, -0.1) is 0 Å². The molecule has 46 heavy (non-hydrogen) atoms. The highest BCUT2D eigenvalue weighted by Crippen LogP contribution is 2.28. The van der Waals surface area contributed by atoms with E-state index in [1.165, 1.54) is 4.90 Å². The molecule has 2 aliphatic rings. The molecule has 3 N–H and O–H groups in total. The molecule has 1 aromatic carbocycles. The van der Waals surface area contributed by atoms with Crippen LogP contribution in [0, 0.1) is 5.92 Å². The summed E-state index contributed by atoms with van der Waals surface area (Å²) in [6.07, 6.45) is 5.51. The van der Waals surface area contributed by atoms with Gasteiger partial charge in [0.25, 0.3) is 0 Å². The number of alkyl halides is 1. The molecule has 4 heterocycles. The molecule has 3 amide bonds. The number of imide groups is 1. The molecule has 2 aliphatic heterocycles. The zero-order valence-corrected chi connectivity index (χ0v) is 27.0. The van der Waals surface area contributed by atoms with Crippen LogP contribution in [0.1, 0.15) is 57.1 Å². The number of halogens is 1. The third-order valence-electron chi connectivity index (χ3n) is 8.93. The number of nitrogens with one attached hydrogen (secondary N) is 1. The average molecular weight is 637 g/mol. The summed E-state index contributed by atoms with van der Waals surface area (Å²) in [5.41, 5.74) is 9.58. The number of anilines is 2. The van der Waals surface area contributed by atoms with Crippen molar-refractivity contribution in [2.45, 2.75) is 65.1 Å². The second-order valence-electron chi connectivity index (χ2n) is 12.2. The fourth-order valence-electron chi connectivity index (χ4n) is 6.32. The van der Waals surface area contributed by atoms with E-state index in [1.54, 1.807) is 18.9 Å². The maximum absolute atomic E-state index is 14.2. The number of hydrogen-bond acceptors (Lipinski definition) is 9. The van der Waals surface area contributed by atoms with Crippen molar-refractivity contribution in [3.05, 3.63) is 41.6 Å². The number of piperazine rings is 1. The molecule has 2 aromatic heterocycles. The first-order valence-electron chi connectivity index (χ1n) is 16.2. The lowest BCUT2D eigenvalue weighted by Gasteiger charge is -2.40. The minimum Gasteiger partial charge on any atom is -0.496 e. The number of benzene rings is 1. The van der Waals surface area contributed by atoms with Crippen molar-refractivity contribution in [2.75, 3.05) is 57.6 Å². The summed E-state index contributed by atoms with van der Waals surface area (Å²) in [5.74, 6) is 0.680. The Morgan fingerprint density at radius 3 is 2.70 bits per heavy atom. The molecule has 13 heteroatoms. The lowest BCUT2D eigenvalue weighted by Crippen LogP contribution is -2.55. The van der Waals surface area contributed by atoms with Gasteiger partial charge in [-0.2, -0.15) is 4.98 Å². The Morgan fingerprint density at radius 1 is 1.15 bits per heavy atom. The fraction of sp³-hybridized carbons (Fsp3) is 0.545. The summed E-state index contributed by atoms with van der Waals surface area (Å²) >= 11 is 0. The van der Waals surface area contributed by atoms with E-state index in [4.69, 9.17) is 10.5 Å². The molecule has 3 aromatic rings. The number of rotatable bonds is 14. The summed E-state index contributed by atoms with van der Waals surface area (Å²) in [6.45, 7) is 6.42. The van der Waals surface area contributed by atoms with Gasteiger partial charge in [0.15, 0.2) is 5.82 Å². The van der Waals surface area contributed by atoms with Gasteiger partial charge in [0.2, 0.25) is 23.7 Å². The van der Waals surface area contributed by atoms with E-state index >= 15 is 0 Å².